The van der Waals surface area contributed by atoms with Gasteiger partial charge in [0.25, 0.3) is 5.91 Å². The van der Waals surface area contributed by atoms with Crippen LogP contribution in [0, 0.1) is 0 Å². The topological polar surface area (TPSA) is 170 Å². The molecule has 1 amide bonds. The van der Waals surface area contributed by atoms with Crippen molar-refractivity contribution in [2.75, 3.05) is 6.16 Å². The van der Waals surface area contributed by atoms with Gasteiger partial charge in [-0.1, -0.05) is 12.1 Å². The molecule has 1 unspecified atom stereocenters. The number of aromatic nitrogens is 4. The molecule has 0 bridgehead atoms. The first-order valence-corrected chi connectivity index (χ1v) is 12.3. The van der Waals surface area contributed by atoms with E-state index in [0.29, 0.717) is 17.5 Å². The number of carbonyl (C=O) groups is 2. The van der Waals surface area contributed by atoms with Crippen LogP contribution < -0.4 is 5.32 Å². The molecule has 5 N–H and O–H groups in total. The van der Waals surface area contributed by atoms with Crippen LogP contribution in [0.25, 0.3) is 22.1 Å². The molecule has 0 aliphatic heterocycles. The predicted molar refractivity (Wildman–Crippen MR) is 125 cm³/mol. The molecule has 0 saturated heterocycles. The Morgan fingerprint density at radius 3 is 2.50 bits per heavy atom. The van der Waals surface area contributed by atoms with E-state index >= 15 is 0 Å². The minimum atomic E-state index is -4.64. The van der Waals surface area contributed by atoms with E-state index in [1.807, 2.05) is 42.7 Å². The van der Waals surface area contributed by atoms with Gasteiger partial charge in [-0.05, 0) is 44.2 Å². The minimum Gasteiger partial charge on any atom is -0.480 e. The number of rotatable bonds is 8. The number of carbonyl (C=O) groups excluding carboxylic acids is 1. The van der Waals surface area contributed by atoms with Crippen LogP contribution in [0.4, 0.5) is 0 Å². The summed E-state index contributed by atoms with van der Waals surface area (Å²) in [5.74, 6) is -0.791. The number of hydrogen-bond donors (Lipinski definition) is 5. The summed E-state index contributed by atoms with van der Waals surface area (Å²) in [5.41, 5.74) is 3.26. The lowest BCUT2D eigenvalue weighted by Crippen LogP contribution is -2.43. The second-order valence-corrected chi connectivity index (χ2v) is 9.98. The number of imidazole rings is 2. The maximum atomic E-state index is 12.7. The van der Waals surface area contributed by atoms with E-state index in [9.17, 15) is 19.3 Å². The lowest BCUT2D eigenvalue weighted by atomic mass is 10.1. The molecular weight excluding hydrogens is 461 g/mol. The number of benzene rings is 2. The highest BCUT2D eigenvalue weighted by Crippen LogP contribution is 2.35. The molecule has 2 aromatic heterocycles. The monoisotopic (exact) mass is 485 g/mol. The van der Waals surface area contributed by atoms with E-state index in [-0.39, 0.29) is 11.6 Å². The van der Waals surface area contributed by atoms with E-state index in [1.165, 1.54) is 6.07 Å². The summed E-state index contributed by atoms with van der Waals surface area (Å²) in [4.78, 5) is 54.9. The van der Waals surface area contributed by atoms with Crippen molar-refractivity contribution < 1.29 is 29.0 Å². The summed E-state index contributed by atoms with van der Waals surface area (Å²) < 4.78 is 13.2. The number of carboxylic acids is 1. The van der Waals surface area contributed by atoms with E-state index in [0.717, 1.165) is 22.7 Å². The maximum absolute atomic E-state index is 12.7. The summed E-state index contributed by atoms with van der Waals surface area (Å²) in [6.45, 7) is 3.97. The van der Waals surface area contributed by atoms with Crippen molar-refractivity contribution in [3.8, 4) is 0 Å². The van der Waals surface area contributed by atoms with Gasteiger partial charge in [-0.25, -0.2) is 14.8 Å². The van der Waals surface area contributed by atoms with Crippen molar-refractivity contribution in [1.29, 1.82) is 0 Å². The molecule has 0 aliphatic carbocycles. The zero-order chi connectivity index (χ0) is 24.6. The van der Waals surface area contributed by atoms with Crippen LogP contribution in [0.3, 0.4) is 0 Å². The quantitative estimate of drug-likeness (QED) is 0.237. The normalized spacial score (nSPS) is 13.0. The van der Waals surface area contributed by atoms with Crippen molar-refractivity contribution in [3.63, 3.8) is 0 Å². The number of H-pyrrole nitrogens is 1. The highest BCUT2D eigenvalue weighted by Gasteiger charge is 2.29. The molecule has 0 saturated carbocycles. The first-order valence-electron chi connectivity index (χ1n) is 10.5. The Bertz CT molecular complexity index is 1400. The van der Waals surface area contributed by atoms with E-state index in [2.05, 4.69) is 15.3 Å². The van der Waals surface area contributed by atoms with E-state index in [1.54, 1.807) is 12.1 Å². The molecule has 0 radical (unpaired) electrons. The van der Waals surface area contributed by atoms with Crippen LogP contribution in [-0.2, 0) is 15.8 Å². The molecule has 4 aromatic rings. The van der Waals surface area contributed by atoms with Crippen molar-refractivity contribution in [1.82, 2.24) is 24.8 Å². The van der Waals surface area contributed by atoms with Gasteiger partial charge >= 0.3 is 13.6 Å². The Balaban J connectivity index is 1.66. The van der Waals surface area contributed by atoms with Gasteiger partial charge in [0.2, 0.25) is 0 Å². The highest BCUT2D eigenvalue weighted by molar-refractivity contribution is 7.51. The lowest BCUT2D eigenvalue weighted by molar-refractivity contribution is -0.138. The summed E-state index contributed by atoms with van der Waals surface area (Å²) in [7, 11) is -4.64. The minimum absolute atomic E-state index is 0.00381. The number of aromatic amines is 1. The van der Waals surface area contributed by atoms with Crippen molar-refractivity contribution in [2.24, 2.45) is 0 Å². The lowest BCUT2D eigenvalue weighted by Gasteiger charge is -2.16. The number of aliphatic carboxylic acids is 1. The second-order valence-electron chi connectivity index (χ2n) is 8.28. The Labute approximate surface area is 194 Å². The van der Waals surface area contributed by atoms with Crippen molar-refractivity contribution in [2.45, 2.75) is 32.4 Å². The van der Waals surface area contributed by atoms with Crippen LogP contribution >= 0.6 is 7.60 Å². The van der Waals surface area contributed by atoms with Gasteiger partial charge in [-0.15, -0.1) is 0 Å². The molecule has 0 spiro atoms. The number of hydrogen-bond acceptors (Lipinski definition) is 5. The van der Waals surface area contributed by atoms with Gasteiger partial charge in [0.1, 0.15) is 17.7 Å². The van der Waals surface area contributed by atoms with Crippen molar-refractivity contribution in [3.05, 3.63) is 59.7 Å². The van der Waals surface area contributed by atoms with Gasteiger partial charge < -0.3 is 29.8 Å². The van der Waals surface area contributed by atoms with Crippen LogP contribution in [0.2, 0.25) is 0 Å². The number of nitrogens with one attached hydrogen (secondary N) is 2. The third kappa shape index (κ3) is 5.01. The smallest absolute Gasteiger partial charge is 0.328 e. The predicted octanol–water partition coefficient (Wildman–Crippen LogP) is 2.45. The number of carboxylic acid groups (broad SMARTS) is 1. The average molecular weight is 485 g/mol. The molecule has 12 heteroatoms. The van der Waals surface area contributed by atoms with Gasteiger partial charge in [-0.3, -0.25) is 9.36 Å². The Hall–Kier alpha value is -3.53. The molecule has 4 rings (SSSR count). The maximum Gasteiger partial charge on any atom is 0.328 e. The fraction of sp³-hybridized carbons (Fsp3) is 0.273. The SMILES string of the molecule is CC(C)n1c(Cc2nc3ccccc3[nH]2)nc2ccc(C(=O)NC(CP(=O)(O)O)C(=O)O)cc21. The second kappa shape index (κ2) is 9.02. The molecule has 178 valence electrons. The third-order valence-corrected chi connectivity index (χ3v) is 6.17. The summed E-state index contributed by atoms with van der Waals surface area (Å²) in [5, 5.41) is 11.4. The van der Waals surface area contributed by atoms with Crippen LogP contribution in [0.5, 0.6) is 0 Å². The van der Waals surface area contributed by atoms with Crippen LogP contribution in [0.1, 0.15) is 41.9 Å². The summed E-state index contributed by atoms with van der Waals surface area (Å²) in [6, 6.07) is 10.7. The number of amides is 1. The Morgan fingerprint density at radius 2 is 1.85 bits per heavy atom. The van der Waals surface area contributed by atoms with Crippen LogP contribution in [-0.4, -0.2) is 58.5 Å². The van der Waals surface area contributed by atoms with Gasteiger partial charge in [0.15, 0.2) is 0 Å². The van der Waals surface area contributed by atoms with E-state index < -0.39 is 31.7 Å². The first kappa shape index (κ1) is 23.6. The Kier molecular flexibility index (Phi) is 6.26. The molecule has 1 atom stereocenters. The molecule has 11 nitrogen and oxygen atoms in total. The van der Waals surface area contributed by atoms with Gasteiger partial charge in [-0.2, -0.15) is 0 Å². The third-order valence-electron chi connectivity index (χ3n) is 5.33. The molecule has 2 heterocycles. The molecule has 0 aliphatic rings. The van der Waals surface area contributed by atoms with Crippen molar-refractivity contribution >= 4 is 41.5 Å². The molecule has 34 heavy (non-hydrogen) atoms. The largest absolute Gasteiger partial charge is 0.480 e. The van der Waals surface area contributed by atoms with E-state index in [4.69, 9.17) is 14.8 Å². The molecular formula is C22H24N5O6P. The number of fused-ring (bicyclic) bond motifs is 2. The summed E-state index contributed by atoms with van der Waals surface area (Å²) >= 11 is 0. The fourth-order valence-electron chi connectivity index (χ4n) is 3.89. The fourth-order valence-corrected chi connectivity index (χ4v) is 4.61. The highest BCUT2D eigenvalue weighted by atomic mass is 31.2. The first-order chi connectivity index (χ1) is 16.0. The van der Waals surface area contributed by atoms with Gasteiger partial charge in [0.05, 0.1) is 34.6 Å². The zero-order valence-corrected chi connectivity index (χ0v) is 19.4. The molecule has 0 fully saturated rings. The van der Waals surface area contributed by atoms with Crippen LogP contribution in [0.15, 0.2) is 42.5 Å². The Morgan fingerprint density at radius 1 is 1.12 bits per heavy atom. The number of para-hydroxylation sites is 2. The zero-order valence-electron chi connectivity index (χ0n) is 18.5. The summed E-state index contributed by atoms with van der Waals surface area (Å²) in [6.07, 6.45) is -0.561. The van der Waals surface area contributed by atoms with Gasteiger partial charge in [0, 0.05) is 11.6 Å². The molecule has 2 aromatic carbocycles. The average Bonchev–Trinajstić information content (AvgIpc) is 3.31. The standard InChI is InChI=1S/C22H24N5O6P/c1-12(2)27-18-9-13(21(28)26-17(22(29)30)11-34(31,32)33)7-8-16(18)25-20(27)10-19-23-14-5-3-4-6-15(14)24-19/h3-9,12,17H,10-11H2,1-2H3,(H,23,24)(H,26,28)(H,29,30)(H2,31,32,33). The number of nitrogens with zero attached hydrogens (tertiary/aromatic N) is 3.